The standard InChI is InChI=1S/C15H12N2.C10H9BO2.4C6H5.C5H5BrN2.Pd/c16-15-9-8-12(10-17-15)14-7-3-5-11-4-1-2-6-13(11)14;12-11(13)10-7-3-5-8-4-1-2-6-9(8)10;4*1-2-4-6-5-3-1;6-4-1-2-5(7)8-3-4;/h1-10H,(H2,16,17);1-7,12-13H;4*1-5H;1-3H,(H2,7,8);/q;;4*-1;;. The molecule has 0 radical (unpaired) electrons. The zero-order chi connectivity index (χ0) is 43.9. The molecule has 318 valence electrons. The van der Waals surface area contributed by atoms with Gasteiger partial charge in [0.05, 0.1) is 0 Å². The summed E-state index contributed by atoms with van der Waals surface area (Å²) in [4.78, 5) is 7.95. The van der Waals surface area contributed by atoms with Gasteiger partial charge in [0.2, 0.25) is 0 Å². The number of hydrogen-bond acceptors (Lipinski definition) is 6. The molecular weight excluding hydrogens is 934 g/mol. The predicted octanol–water partition coefficient (Wildman–Crippen LogP) is 11.4. The monoisotopic (exact) mass is 978 g/mol. The molecule has 9 heteroatoms. The summed E-state index contributed by atoms with van der Waals surface area (Å²) in [7, 11) is -1.40. The number of halogens is 1. The SMILES string of the molecule is Nc1ccc(-c2cccc3ccccc23)cn1.Nc1ccc(Br)cn1.OB(O)c1cccc2ccccc12.[Pd].[c-]1ccccc1.[c-]1ccccc1.[c-]1ccccc1.[c-]1ccccc1. The Kier molecular flexibility index (Phi) is 25.1. The van der Waals surface area contributed by atoms with Crippen LogP contribution in [0.25, 0.3) is 32.7 Å². The second kappa shape index (κ2) is 31.2. The number of rotatable bonds is 2. The van der Waals surface area contributed by atoms with Crippen molar-refractivity contribution in [3.8, 4) is 11.1 Å². The van der Waals surface area contributed by atoms with Crippen molar-refractivity contribution < 1.29 is 30.5 Å². The predicted molar refractivity (Wildman–Crippen MR) is 263 cm³/mol. The van der Waals surface area contributed by atoms with Gasteiger partial charge in [-0.1, -0.05) is 84.9 Å². The van der Waals surface area contributed by atoms with Crippen LogP contribution in [0, 0.1) is 24.3 Å². The Morgan fingerprint density at radius 2 is 0.810 bits per heavy atom. The Morgan fingerprint density at radius 1 is 0.413 bits per heavy atom. The summed E-state index contributed by atoms with van der Waals surface area (Å²) in [6.07, 6.45) is 3.48. The molecule has 10 aromatic rings. The van der Waals surface area contributed by atoms with E-state index >= 15 is 0 Å². The van der Waals surface area contributed by atoms with E-state index in [0.717, 1.165) is 20.8 Å². The normalized spacial score (nSPS) is 9.19. The molecule has 0 fully saturated rings. The van der Waals surface area contributed by atoms with Crippen molar-refractivity contribution in [2.45, 2.75) is 0 Å². The molecule has 0 atom stereocenters. The molecule has 0 saturated carbocycles. The van der Waals surface area contributed by atoms with E-state index in [0.29, 0.717) is 17.1 Å². The summed E-state index contributed by atoms with van der Waals surface area (Å²) >= 11 is 3.23. The number of nitrogens with two attached hydrogens (primary N) is 2. The van der Waals surface area contributed by atoms with Gasteiger partial charge in [-0.3, -0.25) is 0 Å². The Bertz CT molecular complexity index is 2370. The number of nitrogens with zero attached hydrogens (tertiary/aromatic N) is 2. The fourth-order valence-electron chi connectivity index (χ4n) is 5.27. The number of fused-ring (bicyclic) bond motifs is 2. The maximum Gasteiger partial charge on any atom is 0.489 e. The molecular formula is C54H46BBrN4O2Pd-4. The van der Waals surface area contributed by atoms with Crippen LogP contribution >= 0.6 is 15.9 Å². The van der Waals surface area contributed by atoms with E-state index in [-0.39, 0.29) is 20.4 Å². The maximum absolute atomic E-state index is 9.08. The van der Waals surface area contributed by atoms with Crippen molar-refractivity contribution in [2.75, 3.05) is 11.5 Å². The van der Waals surface area contributed by atoms with Crippen LogP contribution in [0.15, 0.2) is 247 Å². The molecule has 8 aromatic carbocycles. The smallest absolute Gasteiger partial charge is 0.423 e. The molecule has 10 rings (SSSR count). The van der Waals surface area contributed by atoms with E-state index in [1.54, 1.807) is 18.3 Å². The molecule has 0 aliphatic heterocycles. The number of aromatic nitrogens is 2. The summed E-state index contributed by atoms with van der Waals surface area (Å²) in [6, 6.07) is 85.2. The van der Waals surface area contributed by atoms with Gasteiger partial charge in [-0.2, -0.15) is 146 Å². The molecule has 0 unspecified atom stereocenters. The molecule has 6 nitrogen and oxygen atoms in total. The molecule has 2 aromatic heterocycles. The van der Waals surface area contributed by atoms with Gasteiger partial charge in [0.25, 0.3) is 0 Å². The van der Waals surface area contributed by atoms with Crippen molar-refractivity contribution in [2.24, 2.45) is 0 Å². The fourth-order valence-corrected chi connectivity index (χ4v) is 5.51. The topological polar surface area (TPSA) is 118 Å². The van der Waals surface area contributed by atoms with E-state index in [1.165, 1.54) is 16.3 Å². The molecule has 0 aliphatic carbocycles. The van der Waals surface area contributed by atoms with Crippen molar-refractivity contribution in [1.29, 1.82) is 0 Å². The van der Waals surface area contributed by atoms with Gasteiger partial charge < -0.3 is 21.5 Å². The van der Waals surface area contributed by atoms with E-state index in [9.17, 15) is 0 Å². The molecule has 6 N–H and O–H groups in total. The van der Waals surface area contributed by atoms with Crippen molar-refractivity contribution in [1.82, 2.24) is 9.97 Å². The van der Waals surface area contributed by atoms with Crippen LogP contribution in [0.1, 0.15) is 0 Å². The fraction of sp³-hybridized carbons (Fsp3) is 0. The second-order valence-corrected chi connectivity index (χ2v) is 13.6. The van der Waals surface area contributed by atoms with Gasteiger partial charge in [0, 0.05) is 42.9 Å². The van der Waals surface area contributed by atoms with Crippen LogP contribution in [0.3, 0.4) is 0 Å². The Morgan fingerprint density at radius 3 is 1.17 bits per heavy atom. The van der Waals surface area contributed by atoms with E-state index in [2.05, 4.69) is 86.6 Å². The minimum Gasteiger partial charge on any atom is -0.423 e. The van der Waals surface area contributed by atoms with Gasteiger partial charge in [0.15, 0.2) is 0 Å². The molecule has 0 bridgehead atoms. The zero-order valence-corrected chi connectivity index (χ0v) is 37.4. The van der Waals surface area contributed by atoms with Crippen molar-refractivity contribution >= 4 is 61.7 Å². The minimum atomic E-state index is -1.40. The van der Waals surface area contributed by atoms with Gasteiger partial charge in [-0.05, 0) is 72.8 Å². The number of hydrogen-bond donors (Lipinski definition) is 4. The van der Waals surface area contributed by atoms with Gasteiger partial charge >= 0.3 is 7.12 Å². The quantitative estimate of drug-likeness (QED) is 0.101. The van der Waals surface area contributed by atoms with Crippen LogP contribution in [-0.4, -0.2) is 27.1 Å². The molecule has 63 heavy (non-hydrogen) atoms. The minimum absolute atomic E-state index is 0. The average Bonchev–Trinajstić information content (AvgIpc) is 3.36. The Labute approximate surface area is 393 Å². The summed E-state index contributed by atoms with van der Waals surface area (Å²) in [6.45, 7) is 0. The van der Waals surface area contributed by atoms with Gasteiger partial charge in [0.1, 0.15) is 11.6 Å². The summed E-state index contributed by atoms with van der Waals surface area (Å²) in [5, 5.41) is 22.5. The molecule has 0 spiro atoms. The van der Waals surface area contributed by atoms with Crippen molar-refractivity contribution in [3.05, 3.63) is 272 Å². The van der Waals surface area contributed by atoms with Crippen LogP contribution in [0.5, 0.6) is 0 Å². The third-order valence-electron chi connectivity index (χ3n) is 8.17. The second-order valence-electron chi connectivity index (χ2n) is 12.7. The first-order chi connectivity index (χ1) is 30.4. The number of pyridine rings is 2. The summed E-state index contributed by atoms with van der Waals surface area (Å²) < 4.78 is 0.951. The number of anilines is 2. The summed E-state index contributed by atoms with van der Waals surface area (Å²) in [5.74, 6) is 1.10. The third kappa shape index (κ3) is 20.6. The largest absolute Gasteiger partial charge is 0.489 e. The van der Waals surface area contributed by atoms with E-state index < -0.39 is 7.12 Å². The molecule has 2 heterocycles. The zero-order valence-electron chi connectivity index (χ0n) is 34.3. The Hall–Kier alpha value is -6.69. The van der Waals surface area contributed by atoms with Crippen LogP contribution < -0.4 is 16.9 Å². The molecule has 0 aliphatic rings. The van der Waals surface area contributed by atoms with E-state index in [4.69, 9.17) is 21.5 Å². The number of nitrogen functional groups attached to an aromatic ring is 2. The number of benzene rings is 8. The molecule has 0 saturated heterocycles. The summed E-state index contributed by atoms with van der Waals surface area (Å²) in [5.41, 5.74) is 13.7. The van der Waals surface area contributed by atoms with E-state index in [1.807, 2.05) is 188 Å². The van der Waals surface area contributed by atoms with Crippen LogP contribution in [-0.2, 0) is 20.4 Å². The molecule has 0 amide bonds. The van der Waals surface area contributed by atoms with Crippen molar-refractivity contribution in [3.63, 3.8) is 0 Å². The van der Waals surface area contributed by atoms with Crippen LogP contribution in [0.2, 0.25) is 0 Å². The van der Waals surface area contributed by atoms with Gasteiger partial charge in [-0.25, -0.2) is 9.97 Å². The first-order valence-corrected chi connectivity index (χ1v) is 20.3. The first kappa shape index (κ1) is 50.7. The first-order valence-electron chi connectivity index (χ1n) is 19.5. The van der Waals surface area contributed by atoms with Crippen LogP contribution in [0.4, 0.5) is 11.6 Å². The van der Waals surface area contributed by atoms with Gasteiger partial charge in [-0.15, -0.1) is 0 Å². The maximum atomic E-state index is 9.08. The average molecular weight is 980 g/mol. The Balaban J connectivity index is 0.000000205. The third-order valence-corrected chi connectivity index (χ3v) is 8.64.